The molecule has 5 aromatic rings. The molecule has 2 aromatic heterocycles. The van der Waals surface area contributed by atoms with Gasteiger partial charge < -0.3 is 0 Å². The second-order valence-electron chi connectivity index (χ2n) is 5.42. The maximum absolute atomic E-state index is 13.0. The van der Waals surface area contributed by atoms with Gasteiger partial charge in [-0.2, -0.15) is 0 Å². The Balaban J connectivity index is 2.23. The molecular formula is C18H9BrN2O. The summed E-state index contributed by atoms with van der Waals surface area (Å²) in [6, 6.07) is 17.7. The molecule has 2 heterocycles. The van der Waals surface area contributed by atoms with Crippen LogP contribution in [-0.4, -0.2) is 9.38 Å². The first-order valence-electron chi connectivity index (χ1n) is 6.99. The lowest BCUT2D eigenvalue weighted by atomic mass is 10.0. The summed E-state index contributed by atoms with van der Waals surface area (Å²) in [5.41, 5.74) is 2.37. The second kappa shape index (κ2) is 4.05. The third-order valence-corrected chi connectivity index (χ3v) is 4.69. The average molecular weight is 349 g/mol. The number of benzene rings is 3. The maximum atomic E-state index is 13.0. The van der Waals surface area contributed by atoms with Crippen molar-refractivity contribution in [2.75, 3.05) is 0 Å². The molecule has 0 fully saturated rings. The predicted molar refractivity (Wildman–Crippen MR) is 92.9 cm³/mol. The van der Waals surface area contributed by atoms with Gasteiger partial charge in [-0.05, 0) is 29.7 Å². The molecule has 0 spiro atoms. The predicted octanol–water partition coefficient (Wildman–Crippen LogP) is 4.35. The number of halogens is 1. The van der Waals surface area contributed by atoms with Crippen molar-refractivity contribution in [2.45, 2.75) is 0 Å². The van der Waals surface area contributed by atoms with Gasteiger partial charge in [0.15, 0.2) is 0 Å². The van der Waals surface area contributed by atoms with Crippen molar-refractivity contribution in [3.63, 3.8) is 0 Å². The molecule has 0 radical (unpaired) electrons. The molecule has 0 aliphatic heterocycles. The van der Waals surface area contributed by atoms with Crippen molar-refractivity contribution < 1.29 is 0 Å². The molecule has 0 aliphatic carbocycles. The zero-order chi connectivity index (χ0) is 14.8. The highest BCUT2D eigenvalue weighted by Crippen LogP contribution is 2.29. The van der Waals surface area contributed by atoms with Crippen LogP contribution in [-0.2, 0) is 0 Å². The Labute approximate surface area is 133 Å². The first kappa shape index (κ1) is 12.1. The normalized spacial score (nSPS) is 12.0. The number of pyridine rings is 1. The minimum Gasteiger partial charge on any atom is -0.268 e. The SMILES string of the molecule is O=c1c2cccc3cccc(c32)c2nc3ccc(Br)cc3n12. The molecule has 3 nitrogen and oxygen atoms in total. The van der Waals surface area contributed by atoms with Gasteiger partial charge in [0.25, 0.3) is 5.56 Å². The van der Waals surface area contributed by atoms with E-state index in [1.165, 1.54) is 0 Å². The number of hydrogen-bond donors (Lipinski definition) is 0. The van der Waals surface area contributed by atoms with E-state index in [2.05, 4.69) is 15.9 Å². The summed E-state index contributed by atoms with van der Waals surface area (Å²) in [4.78, 5) is 17.7. The van der Waals surface area contributed by atoms with Gasteiger partial charge in [-0.25, -0.2) is 4.98 Å². The summed E-state index contributed by atoms with van der Waals surface area (Å²) in [6.07, 6.45) is 0. The van der Waals surface area contributed by atoms with Crippen molar-refractivity contribution in [3.05, 3.63) is 69.4 Å². The number of hydrogen-bond acceptors (Lipinski definition) is 2. The van der Waals surface area contributed by atoms with E-state index in [-0.39, 0.29) is 5.56 Å². The van der Waals surface area contributed by atoms with E-state index in [0.717, 1.165) is 42.7 Å². The molecule has 22 heavy (non-hydrogen) atoms. The fraction of sp³-hybridized carbons (Fsp3) is 0. The molecule has 104 valence electrons. The van der Waals surface area contributed by atoms with Crippen LogP contribution >= 0.6 is 15.9 Å². The Hall–Kier alpha value is -2.46. The number of imidazole rings is 1. The summed E-state index contributed by atoms with van der Waals surface area (Å²) in [6.45, 7) is 0. The highest BCUT2D eigenvalue weighted by molar-refractivity contribution is 9.10. The molecule has 0 unspecified atom stereocenters. The van der Waals surface area contributed by atoms with E-state index < -0.39 is 0 Å². The zero-order valence-electron chi connectivity index (χ0n) is 11.4. The molecule has 0 saturated carbocycles. The third kappa shape index (κ3) is 1.40. The van der Waals surface area contributed by atoms with Gasteiger partial charge in [0, 0.05) is 20.6 Å². The average Bonchev–Trinajstić information content (AvgIpc) is 2.91. The lowest BCUT2D eigenvalue weighted by Gasteiger charge is -2.06. The number of nitrogens with zero attached hydrogens (tertiary/aromatic N) is 2. The van der Waals surface area contributed by atoms with Crippen LogP contribution in [0, 0.1) is 0 Å². The highest BCUT2D eigenvalue weighted by atomic mass is 79.9. The quantitative estimate of drug-likeness (QED) is 0.416. The first-order chi connectivity index (χ1) is 10.7. The molecule has 3 aromatic carbocycles. The lowest BCUT2D eigenvalue weighted by molar-refractivity contribution is 1.19. The number of aromatic nitrogens is 2. The van der Waals surface area contributed by atoms with Gasteiger partial charge >= 0.3 is 0 Å². The van der Waals surface area contributed by atoms with Crippen LogP contribution in [0.4, 0.5) is 0 Å². The molecule has 0 amide bonds. The molecule has 5 rings (SSSR count). The van der Waals surface area contributed by atoms with Crippen molar-refractivity contribution in [1.29, 1.82) is 0 Å². The van der Waals surface area contributed by atoms with E-state index in [1.54, 1.807) is 4.40 Å². The van der Waals surface area contributed by atoms with E-state index in [4.69, 9.17) is 4.98 Å². The molecular weight excluding hydrogens is 340 g/mol. The summed E-state index contributed by atoms with van der Waals surface area (Å²) in [5.74, 6) is 0. The minimum absolute atomic E-state index is 0.0140. The summed E-state index contributed by atoms with van der Waals surface area (Å²) in [7, 11) is 0. The van der Waals surface area contributed by atoms with Crippen LogP contribution in [0.2, 0.25) is 0 Å². The molecule has 0 atom stereocenters. The molecule has 0 saturated heterocycles. The van der Waals surface area contributed by atoms with Crippen LogP contribution in [0.15, 0.2) is 63.9 Å². The smallest absolute Gasteiger partial charge is 0.264 e. The van der Waals surface area contributed by atoms with Crippen molar-refractivity contribution in [3.8, 4) is 0 Å². The van der Waals surface area contributed by atoms with Crippen LogP contribution in [0.25, 0.3) is 38.2 Å². The van der Waals surface area contributed by atoms with Gasteiger partial charge in [0.05, 0.1) is 11.0 Å². The zero-order valence-corrected chi connectivity index (χ0v) is 13.0. The summed E-state index contributed by atoms with van der Waals surface area (Å²) >= 11 is 3.47. The molecule has 0 N–H and O–H groups in total. The topological polar surface area (TPSA) is 34.4 Å². The Bertz CT molecular complexity index is 1250. The largest absolute Gasteiger partial charge is 0.268 e. The Morgan fingerprint density at radius 1 is 0.955 bits per heavy atom. The van der Waals surface area contributed by atoms with Gasteiger partial charge in [-0.1, -0.05) is 46.3 Å². The third-order valence-electron chi connectivity index (χ3n) is 4.20. The summed E-state index contributed by atoms with van der Waals surface area (Å²) < 4.78 is 2.66. The minimum atomic E-state index is -0.0140. The van der Waals surface area contributed by atoms with Gasteiger partial charge in [-0.15, -0.1) is 0 Å². The standard InChI is InChI=1S/C18H9BrN2O/c19-11-7-8-14-15(9-11)21-17(20-14)12-5-1-3-10-4-2-6-13(16(10)12)18(21)22/h1-9H. The summed E-state index contributed by atoms with van der Waals surface area (Å²) in [5, 5.41) is 3.82. The van der Waals surface area contributed by atoms with Crippen molar-refractivity contribution >= 4 is 54.2 Å². The first-order valence-corrected chi connectivity index (χ1v) is 7.78. The Morgan fingerprint density at radius 3 is 2.55 bits per heavy atom. The fourth-order valence-electron chi connectivity index (χ4n) is 3.26. The van der Waals surface area contributed by atoms with E-state index in [9.17, 15) is 4.79 Å². The van der Waals surface area contributed by atoms with Crippen molar-refractivity contribution in [2.24, 2.45) is 0 Å². The maximum Gasteiger partial charge on any atom is 0.264 e. The van der Waals surface area contributed by atoms with Crippen LogP contribution < -0.4 is 5.56 Å². The lowest BCUT2D eigenvalue weighted by Crippen LogP contribution is -2.13. The number of fused-ring (bicyclic) bond motifs is 4. The fourth-order valence-corrected chi connectivity index (χ4v) is 3.61. The Kier molecular flexibility index (Phi) is 2.23. The van der Waals surface area contributed by atoms with E-state index in [1.807, 2.05) is 54.6 Å². The van der Waals surface area contributed by atoms with Gasteiger partial charge in [0.2, 0.25) is 0 Å². The van der Waals surface area contributed by atoms with Crippen LogP contribution in [0.1, 0.15) is 0 Å². The monoisotopic (exact) mass is 348 g/mol. The molecule has 0 aliphatic rings. The number of rotatable bonds is 0. The second-order valence-corrected chi connectivity index (χ2v) is 6.33. The van der Waals surface area contributed by atoms with E-state index in [0.29, 0.717) is 0 Å². The highest BCUT2D eigenvalue weighted by Gasteiger charge is 2.15. The van der Waals surface area contributed by atoms with Gasteiger partial charge in [-0.3, -0.25) is 9.20 Å². The molecule has 0 bridgehead atoms. The molecule has 4 heteroatoms. The van der Waals surface area contributed by atoms with Gasteiger partial charge in [0.1, 0.15) is 5.65 Å². The van der Waals surface area contributed by atoms with Crippen LogP contribution in [0.3, 0.4) is 0 Å². The Morgan fingerprint density at radius 2 is 1.73 bits per heavy atom. The van der Waals surface area contributed by atoms with Crippen LogP contribution in [0.5, 0.6) is 0 Å². The van der Waals surface area contributed by atoms with Crippen molar-refractivity contribution in [1.82, 2.24) is 9.38 Å². The van der Waals surface area contributed by atoms with E-state index >= 15 is 0 Å².